The van der Waals surface area contributed by atoms with Crippen molar-refractivity contribution in [2.24, 2.45) is 5.92 Å². The number of nitrogens with zero attached hydrogens (tertiary/aromatic N) is 3. The fourth-order valence-electron chi connectivity index (χ4n) is 3.87. The maximum atomic E-state index is 12.6. The van der Waals surface area contributed by atoms with Gasteiger partial charge in [-0.25, -0.2) is 0 Å². The monoisotopic (exact) mass is 307 g/mol. The van der Waals surface area contributed by atoms with E-state index in [0.717, 1.165) is 24.7 Å². The fourth-order valence-corrected chi connectivity index (χ4v) is 3.87. The zero-order valence-corrected chi connectivity index (χ0v) is 13.4. The molecule has 2 bridgehead atoms. The van der Waals surface area contributed by atoms with Gasteiger partial charge in [-0.05, 0) is 25.5 Å². The van der Waals surface area contributed by atoms with E-state index in [2.05, 4.69) is 21.8 Å². The zero-order chi connectivity index (χ0) is 15.8. The van der Waals surface area contributed by atoms with Crippen molar-refractivity contribution in [3.63, 3.8) is 0 Å². The normalized spacial score (nSPS) is 24.0. The van der Waals surface area contributed by atoms with Crippen LogP contribution in [0.15, 0.2) is 48.8 Å². The second kappa shape index (κ2) is 5.78. The van der Waals surface area contributed by atoms with Crippen molar-refractivity contribution in [3.8, 4) is 0 Å². The molecule has 0 aliphatic carbocycles. The quantitative estimate of drug-likeness (QED) is 0.816. The number of aromatic nitrogens is 1. The van der Waals surface area contributed by atoms with E-state index in [1.807, 2.05) is 42.6 Å². The molecule has 23 heavy (non-hydrogen) atoms. The van der Waals surface area contributed by atoms with Crippen LogP contribution in [0.4, 0.5) is 5.69 Å². The van der Waals surface area contributed by atoms with Crippen LogP contribution in [0, 0.1) is 5.92 Å². The van der Waals surface area contributed by atoms with Crippen molar-refractivity contribution >= 4 is 11.5 Å². The summed E-state index contributed by atoms with van der Waals surface area (Å²) in [6, 6.07) is 12.0. The molecule has 2 aliphatic heterocycles. The minimum Gasteiger partial charge on any atom is -0.368 e. The number of likely N-dealkylation sites (tertiary alicyclic amines) is 1. The smallest absolute Gasteiger partial charge is 0.194 e. The zero-order valence-electron chi connectivity index (χ0n) is 13.4. The van der Waals surface area contributed by atoms with Gasteiger partial charge in [-0.1, -0.05) is 30.3 Å². The third-order valence-corrected chi connectivity index (χ3v) is 5.07. The molecule has 0 N–H and O–H groups in total. The number of hydrogen-bond acceptors (Lipinski definition) is 4. The van der Waals surface area contributed by atoms with Crippen LogP contribution in [-0.4, -0.2) is 48.4 Å². The predicted molar refractivity (Wildman–Crippen MR) is 90.8 cm³/mol. The van der Waals surface area contributed by atoms with E-state index in [-0.39, 0.29) is 5.78 Å². The molecule has 2 aliphatic rings. The summed E-state index contributed by atoms with van der Waals surface area (Å²) in [7, 11) is 2.21. The SMILES string of the molecule is CN1CC2CC1CN(c1cncc(C(=O)c3ccccc3)c1)C2. The van der Waals surface area contributed by atoms with Crippen molar-refractivity contribution in [1.82, 2.24) is 9.88 Å². The number of carbonyl (C=O) groups is 1. The molecule has 1 aromatic heterocycles. The van der Waals surface area contributed by atoms with Crippen LogP contribution >= 0.6 is 0 Å². The lowest BCUT2D eigenvalue weighted by Gasteiger charge is -2.33. The maximum Gasteiger partial charge on any atom is 0.194 e. The third kappa shape index (κ3) is 2.75. The minimum absolute atomic E-state index is 0.0389. The Hall–Kier alpha value is -2.20. The molecule has 3 heterocycles. The summed E-state index contributed by atoms with van der Waals surface area (Å²) in [6.45, 7) is 3.26. The van der Waals surface area contributed by atoms with Gasteiger partial charge in [0.15, 0.2) is 5.78 Å². The molecule has 0 amide bonds. The van der Waals surface area contributed by atoms with Crippen LogP contribution in [0.3, 0.4) is 0 Å². The van der Waals surface area contributed by atoms with Crippen molar-refractivity contribution in [3.05, 3.63) is 59.9 Å². The van der Waals surface area contributed by atoms with Crippen molar-refractivity contribution < 1.29 is 4.79 Å². The number of hydrogen-bond donors (Lipinski definition) is 0. The predicted octanol–water partition coefficient (Wildman–Crippen LogP) is 2.45. The first-order chi connectivity index (χ1) is 11.2. The van der Waals surface area contributed by atoms with Gasteiger partial charge in [0, 0.05) is 43.0 Å². The highest BCUT2D eigenvalue weighted by Gasteiger charge is 2.36. The first-order valence-corrected chi connectivity index (χ1v) is 8.20. The van der Waals surface area contributed by atoms with E-state index in [1.54, 1.807) is 6.20 Å². The van der Waals surface area contributed by atoms with E-state index in [9.17, 15) is 4.79 Å². The summed E-state index contributed by atoms with van der Waals surface area (Å²) in [5.74, 6) is 0.768. The molecule has 118 valence electrons. The summed E-state index contributed by atoms with van der Waals surface area (Å²) in [5, 5.41) is 0. The Morgan fingerprint density at radius 2 is 1.91 bits per heavy atom. The van der Waals surface area contributed by atoms with Crippen LogP contribution in [0.1, 0.15) is 22.3 Å². The molecule has 2 fully saturated rings. The second-order valence-electron chi connectivity index (χ2n) is 6.73. The Kier molecular flexibility index (Phi) is 3.62. The lowest BCUT2D eigenvalue weighted by atomic mass is 9.99. The first-order valence-electron chi connectivity index (χ1n) is 8.20. The number of ketones is 1. The number of anilines is 1. The summed E-state index contributed by atoms with van der Waals surface area (Å²) < 4.78 is 0. The summed E-state index contributed by atoms with van der Waals surface area (Å²) in [4.78, 5) is 21.8. The van der Waals surface area contributed by atoms with Crippen molar-refractivity contribution in [1.29, 1.82) is 0 Å². The minimum atomic E-state index is 0.0389. The molecular weight excluding hydrogens is 286 g/mol. The maximum absolute atomic E-state index is 12.6. The molecule has 2 aromatic rings. The summed E-state index contributed by atoms with van der Waals surface area (Å²) >= 11 is 0. The largest absolute Gasteiger partial charge is 0.368 e. The average Bonchev–Trinajstić information content (AvgIpc) is 2.86. The standard InChI is InChI=1S/C19H21N3O/c1-21-11-14-7-18(21)13-22(12-14)17-8-16(9-20-10-17)19(23)15-5-3-2-4-6-15/h2-6,8-10,14,18H,7,11-13H2,1H3. The second-order valence-corrected chi connectivity index (χ2v) is 6.73. The Bertz CT molecular complexity index is 714. The number of pyridine rings is 1. The lowest BCUT2D eigenvalue weighted by Crippen LogP contribution is -2.41. The van der Waals surface area contributed by atoms with Gasteiger partial charge in [0.25, 0.3) is 0 Å². The Morgan fingerprint density at radius 3 is 2.70 bits per heavy atom. The molecule has 4 heteroatoms. The molecule has 4 nitrogen and oxygen atoms in total. The number of benzene rings is 1. The van der Waals surface area contributed by atoms with Crippen LogP contribution in [0.5, 0.6) is 0 Å². The van der Waals surface area contributed by atoms with E-state index >= 15 is 0 Å². The number of fused-ring (bicyclic) bond motifs is 2. The number of carbonyl (C=O) groups excluding carboxylic acids is 1. The molecule has 0 spiro atoms. The first kappa shape index (κ1) is 14.4. The topological polar surface area (TPSA) is 36.4 Å². The molecular formula is C19H21N3O. The molecule has 0 radical (unpaired) electrons. The van der Waals surface area contributed by atoms with Gasteiger partial charge in [-0.2, -0.15) is 0 Å². The van der Waals surface area contributed by atoms with Crippen LogP contribution in [0.25, 0.3) is 0 Å². The van der Waals surface area contributed by atoms with Crippen LogP contribution in [-0.2, 0) is 0 Å². The van der Waals surface area contributed by atoms with Gasteiger partial charge in [-0.3, -0.25) is 9.78 Å². The fraction of sp³-hybridized carbons (Fsp3) is 0.368. The van der Waals surface area contributed by atoms with E-state index in [0.29, 0.717) is 17.2 Å². The Labute approximate surface area is 136 Å². The highest BCUT2D eigenvalue weighted by Crippen LogP contribution is 2.31. The van der Waals surface area contributed by atoms with E-state index in [1.165, 1.54) is 13.0 Å². The van der Waals surface area contributed by atoms with Gasteiger partial charge in [0.05, 0.1) is 11.9 Å². The molecule has 0 saturated carbocycles. The van der Waals surface area contributed by atoms with Crippen LogP contribution in [0.2, 0.25) is 0 Å². The van der Waals surface area contributed by atoms with Gasteiger partial charge < -0.3 is 9.80 Å². The van der Waals surface area contributed by atoms with Gasteiger partial charge in [0.1, 0.15) is 0 Å². The lowest BCUT2D eigenvalue weighted by molar-refractivity contribution is 0.103. The molecule has 2 atom stereocenters. The molecule has 4 rings (SSSR count). The Balaban J connectivity index is 1.59. The molecule has 2 unspecified atom stereocenters. The van der Waals surface area contributed by atoms with E-state index < -0.39 is 0 Å². The summed E-state index contributed by atoms with van der Waals surface area (Å²) in [5.41, 5.74) is 2.45. The van der Waals surface area contributed by atoms with Crippen molar-refractivity contribution in [2.75, 3.05) is 31.6 Å². The summed E-state index contributed by atoms with van der Waals surface area (Å²) in [6.07, 6.45) is 4.85. The third-order valence-electron chi connectivity index (χ3n) is 5.07. The van der Waals surface area contributed by atoms with Gasteiger partial charge >= 0.3 is 0 Å². The van der Waals surface area contributed by atoms with E-state index in [4.69, 9.17) is 0 Å². The average molecular weight is 307 g/mol. The Morgan fingerprint density at radius 1 is 1.09 bits per heavy atom. The number of piperidine rings is 1. The van der Waals surface area contributed by atoms with Crippen molar-refractivity contribution in [2.45, 2.75) is 12.5 Å². The highest BCUT2D eigenvalue weighted by molar-refractivity contribution is 6.09. The number of rotatable bonds is 3. The van der Waals surface area contributed by atoms with Gasteiger partial charge in [-0.15, -0.1) is 0 Å². The van der Waals surface area contributed by atoms with Crippen LogP contribution < -0.4 is 4.90 Å². The number of likely N-dealkylation sites (N-methyl/N-ethyl adjacent to an activating group) is 1. The van der Waals surface area contributed by atoms with Gasteiger partial charge in [0.2, 0.25) is 0 Å². The molecule has 2 saturated heterocycles. The highest BCUT2D eigenvalue weighted by atomic mass is 16.1. The molecule has 1 aromatic carbocycles.